The Balaban J connectivity index is 3.17. The van der Waals surface area contributed by atoms with E-state index in [1.54, 1.807) is 24.3 Å². The lowest BCUT2D eigenvalue weighted by atomic mass is 9.90. The first kappa shape index (κ1) is 14.9. The molecule has 19 heavy (non-hydrogen) atoms. The van der Waals surface area contributed by atoms with Crippen LogP contribution in [0.5, 0.6) is 0 Å². The van der Waals surface area contributed by atoms with E-state index < -0.39 is 17.9 Å². The van der Waals surface area contributed by atoms with Crippen LogP contribution in [0.25, 0.3) is 0 Å². The Bertz CT molecular complexity index is 470. The van der Waals surface area contributed by atoms with Gasteiger partial charge in [0.1, 0.15) is 11.7 Å². The van der Waals surface area contributed by atoms with Gasteiger partial charge in [-0.2, -0.15) is 0 Å². The van der Waals surface area contributed by atoms with E-state index in [0.717, 1.165) is 0 Å². The third-order valence-electron chi connectivity index (χ3n) is 2.74. The molecule has 1 N–H and O–H groups in total. The lowest BCUT2D eigenvalue weighted by Crippen LogP contribution is -2.39. The molecule has 5 heteroatoms. The van der Waals surface area contributed by atoms with Gasteiger partial charge in [-0.15, -0.1) is 0 Å². The summed E-state index contributed by atoms with van der Waals surface area (Å²) in [5.74, 6) is -2.37. The fraction of sp³-hybridized carbons (Fsp3) is 0.357. The van der Waals surface area contributed by atoms with Gasteiger partial charge >= 0.3 is 5.97 Å². The zero-order valence-electron chi connectivity index (χ0n) is 11.2. The summed E-state index contributed by atoms with van der Waals surface area (Å²) in [6.45, 7) is 2.64. The SMILES string of the molecule is COC(=O)[C@@H](C(C)=O)[C@H](NC(C)=O)c1ccccc1. The summed E-state index contributed by atoms with van der Waals surface area (Å²) in [6, 6.07) is 8.15. The third kappa shape index (κ3) is 3.91. The van der Waals surface area contributed by atoms with Gasteiger partial charge in [-0.3, -0.25) is 14.4 Å². The van der Waals surface area contributed by atoms with Crippen LogP contribution >= 0.6 is 0 Å². The van der Waals surface area contributed by atoms with Crippen LogP contribution in [-0.4, -0.2) is 24.8 Å². The van der Waals surface area contributed by atoms with Crippen molar-refractivity contribution >= 4 is 17.7 Å². The molecule has 0 saturated carbocycles. The predicted molar refractivity (Wildman–Crippen MR) is 69.2 cm³/mol. The summed E-state index contributed by atoms with van der Waals surface area (Å²) >= 11 is 0. The number of Topliss-reactive ketones (excluding diaryl/α,β-unsaturated/α-hetero) is 1. The molecular weight excluding hydrogens is 246 g/mol. The number of nitrogens with one attached hydrogen (secondary N) is 1. The topological polar surface area (TPSA) is 72.5 Å². The van der Waals surface area contributed by atoms with Crippen molar-refractivity contribution in [2.24, 2.45) is 5.92 Å². The van der Waals surface area contributed by atoms with E-state index in [1.807, 2.05) is 6.07 Å². The second-order valence-corrected chi connectivity index (χ2v) is 4.20. The number of amides is 1. The molecule has 0 bridgehead atoms. The maximum atomic E-state index is 11.8. The van der Waals surface area contributed by atoms with Gasteiger partial charge in [0.15, 0.2) is 0 Å². The second-order valence-electron chi connectivity index (χ2n) is 4.20. The number of benzene rings is 1. The number of carbonyl (C=O) groups is 3. The van der Waals surface area contributed by atoms with E-state index in [0.29, 0.717) is 5.56 Å². The van der Waals surface area contributed by atoms with Crippen LogP contribution in [0.4, 0.5) is 0 Å². The molecular formula is C14H17NO4. The highest BCUT2D eigenvalue weighted by molar-refractivity contribution is 5.99. The summed E-state index contributed by atoms with van der Waals surface area (Å²) < 4.78 is 4.65. The van der Waals surface area contributed by atoms with Gasteiger partial charge < -0.3 is 10.1 Å². The van der Waals surface area contributed by atoms with E-state index in [1.165, 1.54) is 21.0 Å². The highest BCUT2D eigenvalue weighted by Gasteiger charge is 2.34. The smallest absolute Gasteiger partial charge is 0.318 e. The van der Waals surface area contributed by atoms with Crippen molar-refractivity contribution in [1.29, 1.82) is 0 Å². The van der Waals surface area contributed by atoms with Gasteiger partial charge in [0.25, 0.3) is 0 Å². The summed E-state index contributed by atoms with van der Waals surface area (Å²) in [7, 11) is 1.22. The van der Waals surface area contributed by atoms with Crippen LogP contribution in [0.3, 0.4) is 0 Å². The van der Waals surface area contributed by atoms with Gasteiger partial charge in [0.05, 0.1) is 13.2 Å². The molecule has 0 saturated heterocycles. The molecule has 1 aromatic rings. The minimum atomic E-state index is -1.05. The Hall–Kier alpha value is -2.17. The summed E-state index contributed by atoms with van der Waals surface area (Å²) in [4.78, 5) is 34.7. The van der Waals surface area contributed by atoms with Gasteiger partial charge in [-0.25, -0.2) is 0 Å². The van der Waals surface area contributed by atoms with Crippen LogP contribution in [0.1, 0.15) is 25.5 Å². The minimum absolute atomic E-state index is 0.316. The molecule has 1 aromatic carbocycles. The van der Waals surface area contributed by atoms with Crippen molar-refractivity contribution in [1.82, 2.24) is 5.32 Å². The average molecular weight is 263 g/mol. The van der Waals surface area contributed by atoms with E-state index >= 15 is 0 Å². The zero-order valence-corrected chi connectivity index (χ0v) is 11.2. The largest absolute Gasteiger partial charge is 0.468 e. The monoisotopic (exact) mass is 263 g/mol. The summed E-state index contributed by atoms with van der Waals surface area (Å²) in [5, 5.41) is 2.63. The Labute approximate surface area is 111 Å². The van der Waals surface area contributed by atoms with Crippen LogP contribution in [0.15, 0.2) is 30.3 Å². The van der Waals surface area contributed by atoms with Crippen molar-refractivity contribution < 1.29 is 19.1 Å². The molecule has 0 aliphatic rings. The third-order valence-corrected chi connectivity index (χ3v) is 2.74. The van der Waals surface area contributed by atoms with E-state index in [4.69, 9.17) is 0 Å². The molecule has 102 valence electrons. The quantitative estimate of drug-likeness (QED) is 0.641. The number of hydrogen-bond donors (Lipinski definition) is 1. The van der Waals surface area contributed by atoms with Crippen LogP contribution < -0.4 is 5.32 Å². The maximum absolute atomic E-state index is 11.8. The first-order valence-corrected chi connectivity index (χ1v) is 5.87. The minimum Gasteiger partial charge on any atom is -0.468 e. The Morgan fingerprint density at radius 3 is 2.11 bits per heavy atom. The van der Waals surface area contributed by atoms with Crippen LogP contribution in [0, 0.1) is 5.92 Å². The average Bonchev–Trinajstić information content (AvgIpc) is 2.37. The molecule has 0 heterocycles. The number of hydrogen-bond acceptors (Lipinski definition) is 4. The normalized spacial score (nSPS) is 13.2. The first-order valence-electron chi connectivity index (χ1n) is 5.87. The number of esters is 1. The lowest BCUT2D eigenvalue weighted by Gasteiger charge is -2.24. The Kier molecular flexibility index (Phi) is 5.23. The first-order chi connectivity index (χ1) is 8.97. The van der Waals surface area contributed by atoms with Crippen molar-refractivity contribution in [3.05, 3.63) is 35.9 Å². The van der Waals surface area contributed by atoms with E-state index in [-0.39, 0.29) is 11.7 Å². The summed E-state index contributed by atoms with van der Waals surface area (Å²) in [5.41, 5.74) is 0.684. The van der Waals surface area contributed by atoms with Crippen LogP contribution in [-0.2, 0) is 19.1 Å². The number of ketones is 1. The predicted octanol–water partition coefficient (Wildman–Crippen LogP) is 1.24. The molecule has 0 aliphatic carbocycles. The number of ether oxygens (including phenoxy) is 1. The summed E-state index contributed by atoms with van der Waals surface area (Å²) in [6.07, 6.45) is 0. The molecule has 0 spiro atoms. The Morgan fingerprint density at radius 2 is 1.68 bits per heavy atom. The zero-order chi connectivity index (χ0) is 14.4. The van der Waals surface area contributed by atoms with Crippen molar-refractivity contribution in [2.75, 3.05) is 7.11 Å². The number of methoxy groups -OCH3 is 1. The fourth-order valence-corrected chi connectivity index (χ4v) is 1.90. The lowest BCUT2D eigenvalue weighted by molar-refractivity contribution is -0.150. The molecule has 1 rings (SSSR count). The highest BCUT2D eigenvalue weighted by atomic mass is 16.5. The molecule has 5 nitrogen and oxygen atoms in total. The molecule has 0 aromatic heterocycles. The molecule has 0 radical (unpaired) electrons. The Morgan fingerprint density at radius 1 is 1.11 bits per heavy atom. The fourth-order valence-electron chi connectivity index (χ4n) is 1.90. The van der Waals surface area contributed by atoms with E-state index in [2.05, 4.69) is 10.1 Å². The van der Waals surface area contributed by atoms with Gasteiger partial charge in [-0.1, -0.05) is 30.3 Å². The molecule has 0 aliphatic heterocycles. The molecule has 0 fully saturated rings. The van der Waals surface area contributed by atoms with Gasteiger partial charge in [-0.05, 0) is 12.5 Å². The molecule has 0 unspecified atom stereocenters. The molecule has 1 amide bonds. The van der Waals surface area contributed by atoms with Crippen molar-refractivity contribution in [3.63, 3.8) is 0 Å². The standard InChI is InChI=1S/C14H17NO4/c1-9(16)12(14(18)19-3)13(15-10(2)17)11-7-5-4-6-8-11/h4-8,12-13H,1-3H3,(H,15,17)/t12-,13+/m0/s1. The number of rotatable bonds is 5. The molecule has 2 atom stereocenters. The van der Waals surface area contributed by atoms with Crippen LogP contribution in [0.2, 0.25) is 0 Å². The van der Waals surface area contributed by atoms with Gasteiger partial charge in [0, 0.05) is 6.92 Å². The van der Waals surface area contributed by atoms with Crippen molar-refractivity contribution in [3.8, 4) is 0 Å². The highest BCUT2D eigenvalue weighted by Crippen LogP contribution is 2.24. The van der Waals surface area contributed by atoms with Crippen molar-refractivity contribution in [2.45, 2.75) is 19.9 Å². The maximum Gasteiger partial charge on any atom is 0.318 e. The van der Waals surface area contributed by atoms with Gasteiger partial charge in [0.2, 0.25) is 5.91 Å². The van der Waals surface area contributed by atoms with E-state index in [9.17, 15) is 14.4 Å². The number of carbonyl (C=O) groups excluding carboxylic acids is 3. The second kappa shape index (κ2) is 6.68.